The third-order valence-corrected chi connectivity index (χ3v) is 6.53. The Morgan fingerprint density at radius 1 is 1.32 bits per heavy atom. The van der Waals surface area contributed by atoms with Crippen molar-refractivity contribution in [2.75, 3.05) is 6.61 Å². The molecule has 4 rings (SSSR count). The fourth-order valence-electron chi connectivity index (χ4n) is 4.99. The summed E-state index contributed by atoms with van der Waals surface area (Å²) >= 11 is 0. The molecule has 0 radical (unpaired) electrons. The average Bonchev–Trinajstić information content (AvgIpc) is 3.07. The number of rotatable bonds is 0. The third-order valence-electron chi connectivity index (χ3n) is 6.53. The van der Waals surface area contributed by atoms with Crippen LogP contribution in [-0.2, 0) is 9.47 Å². The number of ether oxygens (including phenoxy) is 2. The highest BCUT2D eigenvalue weighted by Crippen LogP contribution is 2.71. The maximum absolute atomic E-state index is 10.7. The fraction of sp³-hybridized carbons (Fsp3) is 0.867. The van der Waals surface area contributed by atoms with E-state index in [-0.39, 0.29) is 23.2 Å². The number of hydrogen-bond donors (Lipinski definition) is 2. The van der Waals surface area contributed by atoms with Crippen LogP contribution in [0, 0.1) is 10.8 Å². The van der Waals surface area contributed by atoms with E-state index in [9.17, 15) is 10.2 Å². The van der Waals surface area contributed by atoms with E-state index in [1.54, 1.807) is 0 Å². The summed E-state index contributed by atoms with van der Waals surface area (Å²) in [6.07, 6.45) is 2.15. The maximum Gasteiger partial charge on any atom is 0.126 e. The van der Waals surface area contributed by atoms with Crippen LogP contribution in [-0.4, -0.2) is 46.8 Å². The zero-order valence-corrected chi connectivity index (χ0v) is 11.7. The summed E-state index contributed by atoms with van der Waals surface area (Å²) < 4.78 is 11.9. The van der Waals surface area contributed by atoms with Crippen molar-refractivity contribution in [1.82, 2.24) is 0 Å². The van der Waals surface area contributed by atoms with Crippen molar-refractivity contribution < 1.29 is 19.7 Å². The van der Waals surface area contributed by atoms with Crippen molar-refractivity contribution in [1.29, 1.82) is 0 Å². The number of aliphatic hydroxyl groups excluding tert-OH is 2. The Hall–Kier alpha value is -0.420. The number of aliphatic hydroxyl groups is 2. The van der Waals surface area contributed by atoms with E-state index < -0.39 is 17.6 Å². The molecule has 0 aromatic heterocycles. The summed E-state index contributed by atoms with van der Waals surface area (Å²) in [5, 5.41) is 21.1. The molecular formula is C15H22O4. The number of fused-ring (bicyclic) bond motifs is 2. The van der Waals surface area contributed by atoms with Crippen LogP contribution in [0.4, 0.5) is 0 Å². The molecular weight excluding hydrogens is 244 g/mol. The van der Waals surface area contributed by atoms with Crippen molar-refractivity contribution >= 4 is 0 Å². The Balaban J connectivity index is 1.89. The lowest BCUT2D eigenvalue weighted by molar-refractivity contribution is -0.228. The molecule has 4 nitrogen and oxygen atoms in total. The highest BCUT2D eigenvalue weighted by atomic mass is 16.6. The maximum atomic E-state index is 10.7. The quantitative estimate of drug-likeness (QED) is 0.507. The van der Waals surface area contributed by atoms with E-state index >= 15 is 0 Å². The second-order valence-electron chi connectivity index (χ2n) is 7.27. The van der Waals surface area contributed by atoms with Crippen molar-refractivity contribution in [3.63, 3.8) is 0 Å². The predicted molar refractivity (Wildman–Crippen MR) is 68.6 cm³/mol. The number of epoxide rings is 1. The number of hydrogen-bond acceptors (Lipinski definition) is 4. The molecule has 7 unspecified atom stereocenters. The fourth-order valence-corrected chi connectivity index (χ4v) is 4.99. The first-order valence-corrected chi connectivity index (χ1v) is 7.18. The van der Waals surface area contributed by atoms with Gasteiger partial charge in [0, 0.05) is 10.8 Å². The van der Waals surface area contributed by atoms with Gasteiger partial charge in [0.25, 0.3) is 0 Å². The molecule has 0 amide bonds. The predicted octanol–water partition coefficient (Wildman–Crippen LogP) is 1.01. The molecule has 4 heteroatoms. The Bertz CT molecular complexity index is 469. The summed E-state index contributed by atoms with van der Waals surface area (Å²) in [7, 11) is 0. The summed E-state index contributed by atoms with van der Waals surface area (Å²) in [5.41, 5.74) is 0.165. The van der Waals surface area contributed by atoms with Crippen LogP contribution in [0.15, 0.2) is 11.6 Å². The molecule has 1 saturated carbocycles. The molecule has 2 bridgehead atoms. The van der Waals surface area contributed by atoms with E-state index in [4.69, 9.17) is 9.47 Å². The first-order valence-electron chi connectivity index (χ1n) is 7.18. The van der Waals surface area contributed by atoms with Crippen LogP contribution in [0.2, 0.25) is 0 Å². The Morgan fingerprint density at radius 2 is 2.00 bits per heavy atom. The van der Waals surface area contributed by atoms with Gasteiger partial charge in [-0.15, -0.1) is 0 Å². The standard InChI is InChI=1S/C15H22O4/c1-8-4-10(17)14(3)11(5-8)19-12-9(16)6-13(14,2)15(12)7-18-15/h5,9-12,16-17H,4,6-7H2,1-3H3. The van der Waals surface area contributed by atoms with E-state index in [0.29, 0.717) is 19.4 Å². The van der Waals surface area contributed by atoms with Gasteiger partial charge in [-0.1, -0.05) is 25.5 Å². The summed E-state index contributed by atoms with van der Waals surface area (Å²) in [5.74, 6) is 0. The van der Waals surface area contributed by atoms with Crippen molar-refractivity contribution in [3.8, 4) is 0 Å². The smallest absolute Gasteiger partial charge is 0.126 e. The highest BCUT2D eigenvalue weighted by Gasteiger charge is 2.81. The molecule has 19 heavy (non-hydrogen) atoms. The van der Waals surface area contributed by atoms with Gasteiger partial charge in [0.2, 0.25) is 0 Å². The monoisotopic (exact) mass is 266 g/mol. The van der Waals surface area contributed by atoms with Crippen LogP contribution in [0.25, 0.3) is 0 Å². The van der Waals surface area contributed by atoms with Gasteiger partial charge >= 0.3 is 0 Å². The van der Waals surface area contributed by atoms with Gasteiger partial charge in [-0.3, -0.25) is 0 Å². The molecule has 3 fully saturated rings. The van der Waals surface area contributed by atoms with Gasteiger partial charge in [0.15, 0.2) is 0 Å². The Labute approximate surface area is 113 Å². The van der Waals surface area contributed by atoms with Crippen molar-refractivity contribution in [2.24, 2.45) is 10.8 Å². The lowest BCUT2D eigenvalue weighted by atomic mass is 9.51. The van der Waals surface area contributed by atoms with Crippen molar-refractivity contribution in [3.05, 3.63) is 11.6 Å². The van der Waals surface area contributed by atoms with Crippen LogP contribution in [0.1, 0.15) is 33.6 Å². The van der Waals surface area contributed by atoms with Gasteiger partial charge in [-0.2, -0.15) is 0 Å². The molecule has 2 aliphatic carbocycles. The molecule has 2 heterocycles. The first kappa shape index (κ1) is 12.3. The SMILES string of the molecule is CC1=CC2OC3C(O)CC(C)(C34CO4)C2(C)C(O)C1. The average molecular weight is 266 g/mol. The molecule has 4 aliphatic rings. The second-order valence-corrected chi connectivity index (χ2v) is 7.27. The van der Waals surface area contributed by atoms with E-state index in [1.807, 2.05) is 6.92 Å². The lowest BCUT2D eigenvalue weighted by Crippen LogP contribution is -2.65. The van der Waals surface area contributed by atoms with Crippen LogP contribution >= 0.6 is 0 Å². The van der Waals surface area contributed by atoms with Gasteiger partial charge in [0.05, 0.1) is 24.9 Å². The van der Waals surface area contributed by atoms with Gasteiger partial charge in [0.1, 0.15) is 11.7 Å². The first-order chi connectivity index (χ1) is 8.85. The topological polar surface area (TPSA) is 62.2 Å². The molecule has 2 aliphatic heterocycles. The molecule has 1 spiro atoms. The van der Waals surface area contributed by atoms with Gasteiger partial charge in [-0.05, 0) is 19.8 Å². The van der Waals surface area contributed by atoms with Gasteiger partial charge in [-0.25, -0.2) is 0 Å². The largest absolute Gasteiger partial charge is 0.392 e. The molecule has 7 atom stereocenters. The Morgan fingerprint density at radius 3 is 2.63 bits per heavy atom. The zero-order valence-electron chi connectivity index (χ0n) is 11.7. The van der Waals surface area contributed by atoms with Crippen LogP contribution in [0.5, 0.6) is 0 Å². The molecule has 2 saturated heterocycles. The summed E-state index contributed by atoms with van der Waals surface area (Å²) in [6, 6.07) is 0. The molecule has 106 valence electrons. The third kappa shape index (κ3) is 1.13. The summed E-state index contributed by atoms with van der Waals surface area (Å²) in [6.45, 7) is 6.94. The van der Waals surface area contributed by atoms with E-state index in [2.05, 4.69) is 19.9 Å². The minimum absolute atomic E-state index is 0.127. The van der Waals surface area contributed by atoms with E-state index in [0.717, 1.165) is 0 Å². The zero-order chi connectivity index (χ0) is 13.6. The van der Waals surface area contributed by atoms with Gasteiger partial charge < -0.3 is 19.7 Å². The minimum atomic E-state index is -0.490. The summed E-state index contributed by atoms with van der Waals surface area (Å²) in [4.78, 5) is 0. The lowest BCUT2D eigenvalue weighted by Gasteiger charge is -2.58. The second kappa shape index (κ2) is 3.25. The normalized spacial score (nSPS) is 62.9. The highest BCUT2D eigenvalue weighted by molar-refractivity contribution is 5.32. The minimum Gasteiger partial charge on any atom is -0.392 e. The van der Waals surface area contributed by atoms with Crippen molar-refractivity contribution in [2.45, 2.75) is 63.6 Å². The van der Waals surface area contributed by atoms with E-state index in [1.165, 1.54) is 5.57 Å². The molecule has 0 aromatic carbocycles. The molecule has 2 N–H and O–H groups in total. The van der Waals surface area contributed by atoms with Crippen LogP contribution < -0.4 is 0 Å². The Kier molecular flexibility index (Phi) is 2.11. The van der Waals surface area contributed by atoms with Crippen LogP contribution in [0.3, 0.4) is 0 Å². The molecule has 0 aromatic rings.